The van der Waals surface area contributed by atoms with Crippen LogP contribution in [0.15, 0.2) is 40.9 Å². The van der Waals surface area contributed by atoms with Gasteiger partial charge in [-0.25, -0.2) is 9.38 Å². The molecular formula is C23H31FN6O. The molecule has 2 aliphatic rings. The first kappa shape index (κ1) is 22.9. The standard InChI is InChI=1S/C23H31FN6O/c1-4-20(21(26)31)30(3)23-19(24)13-17(14-25)22(28-23)27-18-7-5-15(6-8-18)16-9-11-29(2)12-10-16/h5-8,13,16,19-20,23H,4,9-12H2,1-3H3,(H2,26,31)(H,27,28). The van der Waals surface area contributed by atoms with Gasteiger partial charge in [-0.05, 0) is 76.1 Å². The van der Waals surface area contributed by atoms with Gasteiger partial charge in [0, 0.05) is 5.69 Å². The predicted molar refractivity (Wildman–Crippen MR) is 120 cm³/mol. The van der Waals surface area contributed by atoms with Gasteiger partial charge in [0.2, 0.25) is 5.91 Å². The topological polar surface area (TPSA) is 97.8 Å². The van der Waals surface area contributed by atoms with E-state index in [9.17, 15) is 14.4 Å². The van der Waals surface area contributed by atoms with Crippen molar-refractivity contribution in [1.29, 1.82) is 5.26 Å². The van der Waals surface area contributed by atoms with E-state index in [1.807, 2.05) is 25.1 Å². The fourth-order valence-electron chi connectivity index (χ4n) is 4.29. The first-order valence-electron chi connectivity index (χ1n) is 10.7. The highest BCUT2D eigenvalue weighted by Crippen LogP contribution is 2.29. The van der Waals surface area contributed by atoms with E-state index in [2.05, 4.69) is 34.4 Å². The molecule has 3 N–H and O–H groups in total. The largest absolute Gasteiger partial charge is 0.368 e. The number of primary amides is 1. The lowest BCUT2D eigenvalue weighted by Crippen LogP contribution is -2.51. The molecule has 2 heterocycles. The van der Waals surface area contributed by atoms with E-state index in [0.717, 1.165) is 31.6 Å². The van der Waals surface area contributed by atoms with Gasteiger partial charge in [0.25, 0.3) is 0 Å². The quantitative estimate of drug-likeness (QED) is 0.729. The van der Waals surface area contributed by atoms with Crippen LogP contribution in [0.1, 0.15) is 37.7 Å². The Labute approximate surface area is 183 Å². The molecule has 1 fully saturated rings. The first-order chi connectivity index (χ1) is 14.8. The molecule has 3 rings (SSSR count). The summed E-state index contributed by atoms with van der Waals surface area (Å²) >= 11 is 0. The van der Waals surface area contributed by atoms with Crippen molar-refractivity contribution in [1.82, 2.24) is 9.80 Å². The Balaban J connectivity index is 1.77. The number of nitrogens with two attached hydrogens (primary N) is 1. The molecule has 2 aliphatic heterocycles. The summed E-state index contributed by atoms with van der Waals surface area (Å²) in [7, 11) is 3.77. The van der Waals surface area contributed by atoms with Crippen LogP contribution in [0.4, 0.5) is 10.1 Å². The Kier molecular flexibility index (Phi) is 7.42. The van der Waals surface area contributed by atoms with Crippen molar-refractivity contribution in [3.05, 3.63) is 41.5 Å². The molecule has 7 nitrogen and oxygen atoms in total. The molecule has 1 saturated heterocycles. The molecule has 31 heavy (non-hydrogen) atoms. The summed E-state index contributed by atoms with van der Waals surface area (Å²) in [5, 5.41) is 12.6. The van der Waals surface area contributed by atoms with Crippen molar-refractivity contribution in [2.24, 2.45) is 10.7 Å². The van der Waals surface area contributed by atoms with E-state index >= 15 is 0 Å². The van der Waals surface area contributed by atoms with E-state index in [0.29, 0.717) is 18.2 Å². The highest BCUT2D eigenvalue weighted by atomic mass is 19.1. The molecule has 3 atom stereocenters. The van der Waals surface area contributed by atoms with Gasteiger partial charge in [0.05, 0.1) is 11.6 Å². The zero-order valence-corrected chi connectivity index (χ0v) is 18.4. The summed E-state index contributed by atoms with van der Waals surface area (Å²) < 4.78 is 14.7. The molecule has 0 saturated carbocycles. The van der Waals surface area contributed by atoms with Gasteiger partial charge in [-0.2, -0.15) is 5.26 Å². The number of alkyl halides is 1. The normalized spacial score (nSPS) is 23.6. The van der Waals surface area contributed by atoms with Crippen molar-refractivity contribution < 1.29 is 9.18 Å². The van der Waals surface area contributed by atoms with Gasteiger partial charge in [0.15, 0.2) is 6.17 Å². The average molecular weight is 427 g/mol. The van der Waals surface area contributed by atoms with Gasteiger partial charge in [-0.15, -0.1) is 0 Å². The second-order valence-corrected chi connectivity index (χ2v) is 8.34. The van der Waals surface area contributed by atoms with Crippen molar-refractivity contribution >= 4 is 17.4 Å². The second-order valence-electron chi connectivity index (χ2n) is 8.34. The van der Waals surface area contributed by atoms with Crippen LogP contribution in [-0.4, -0.2) is 67.1 Å². The lowest BCUT2D eigenvalue weighted by Gasteiger charge is -2.33. The number of aliphatic imine (C=N–C) groups is 1. The van der Waals surface area contributed by atoms with Crippen LogP contribution in [0.2, 0.25) is 0 Å². The molecular weight excluding hydrogens is 395 g/mol. The van der Waals surface area contributed by atoms with Gasteiger partial charge < -0.3 is 16.0 Å². The summed E-state index contributed by atoms with van der Waals surface area (Å²) in [6, 6.07) is 9.49. The van der Waals surface area contributed by atoms with E-state index in [4.69, 9.17) is 5.73 Å². The number of halogens is 1. The molecule has 0 aliphatic carbocycles. The lowest BCUT2D eigenvalue weighted by molar-refractivity contribution is -0.124. The molecule has 0 radical (unpaired) electrons. The number of benzene rings is 1. The maximum absolute atomic E-state index is 14.7. The summed E-state index contributed by atoms with van der Waals surface area (Å²) in [5.41, 5.74) is 7.68. The maximum Gasteiger partial charge on any atom is 0.234 e. The van der Waals surface area contributed by atoms with Crippen LogP contribution in [0, 0.1) is 11.3 Å². The first-order valence-corrected chi connectivity index (χ1v) is 10.7. The van der Waals surface area contributed by atoms with Crippen molar-refractivity contribution in [3.8, 4) is 6.07 Å². The Morgan fingerprint density at radius 2 is 2.03 bits per heavy atom. The summed E-state index contributed by atoms with van der Waals surface area (Å²) in [6.07, 6.45) is 1.53. The molecule has 0 bridgehead atoms. The minimum absolute atomic E-state index is 0.142. The number of carbonyl (C=O) groups excluding carboxylic acids is 1. The Morgan fingerprint density at radius 1 is 1.39 bits per heavy atom. The highest BCUT2D eigenvalue weighted by molar-refractivity contribution is 6.11. The molecule has 1 amide bonds. The minimum Gasteiger partial charge on any atom is -0.368 e. The number of piperidine rings is 1. The third-order valence-corrected chi connectivity index (χ3v) is 6.24. The molecule has 3 unspecified atom stereocenters. The van der Waals surface area contributed by atoms with Gasteiger partial charge >= 0.3 is 0 Å². The number of likely N-dealkylation sites (tertiary alicyclic amines) is 1. The van der Waals surface area contributed by atoms with Gasteiger partial charge in [-0.1, -0.05) is 19.1 Å². The summed E-state index contributed by atoms with van der Waals surface area (Å²) in [4.78, 5) is 20.0. The number of nitriles is 1. The van der Waals surface area contributed by atoms with E-state index in [1.54, 1.807) is 7.05 Å². The van der Waals surface area contributed by atoms with Crippen molar-refractivity contribution in [2.75, 3.05) is 32.5 Å². The van der Waals surface area contributed by atoms with Crippen LogP contribution in [0.25, 0.3) is 0 Å². The van der Waals surface area contributed by atoms with Crippen LogP contribution in [0.3, 0.4) is 0 Å². The van der Waals surface area contributed by atoms with Crippen LogP contribution < -0.4 is 11.1 Å². The predicted octanol–water partition coefficient (Wildman–Crippen LogP) is 2.63. The molecule has 8 heteroatoms. The number of likely N-dealkylation sites (N-methyl/N-ethyl adjacent to an activating group) is 1. The number of hydrogen-bond donors (Lipinski definition) is 2. The van der Waals surface area contributed by atoms with Crippen LogP contribution in [-0.2, 0) is 4.79 Å². The highest BCUT2D eigenvalue weighted by Gasteiger charge is 2.34. The zero-order valence-electron chi connectivity index (χ0n) is 18.4. The van der Waals surface area contributed by atoms with Crippen molar-refractivity contribution in [2.45, 2.75) is 50.5 Å². The number of anilines is 1. The average Bonchev–Trinajstić information content (AvgIpc) is 2.76. The third-order valence-electron chi connectivity index (χ3n) is 6.24. The Hall–Kier alpha value is -2.76. The second kappa shape index (κ2) is 10.0. The SMILES string of the molecule is CCC(C(N)=O)N(C)C1N=C(Nc2ccc(C3CCN(C)CC3)cc2)C(C#N)=CC1F. The molecule has 0 spiro atoms. The number of nitrogens with zero attached hydrogens (tertiary/aromatic N) is 4. The van der Waals surface area contributed by atoms with Gasteiger partial charge in [0.1, 0.15) is 18.1 Å². The number of hydrogen-bond acceptors (Lipinski definition) is 6. The monoisotopic (exact) mass is 426 g/mol. The number of dihydropyridines is 1. The van der Waals surface area contributed by atoms with Crippen LogP contribution >= 0.6 is 0 Å². The van der Waals surface area contributed by atoms with Crippen LogP contribution in [0.5, 0.6) is 0 Å². The van der Waals surface area contributed by atoms with Gasteiger partial charge in [-0.3, -0.25) is 9.69 Å². The number of rotatable bonds is 6. The van der Waals surface area contributed by atoms with E-state index in [-0.39, 0.29) is 5.57 Å². The molecule has 166 valence electrons. The van der Waals surface area contributed by atoms with Crippen molar-refractivity contribution in [3.63, 3.8) is 0 Å². The van der Waals surface area contributed by atoms with E-state index in [1.165, 1.54) is 16.5 Å². The maximum atomic E-state index is 14.7. The number of carbonyl (C=O) groups is 1. The zero-order chi connectivity index (χ0) is 22.5. The number of amidine groups is 1. The Morgan fingerprint density at radius 3 is 2.58 bits per heavy atom. The third kappa shape index (κ3) is 5.30. The fraction of sp³-hybridized carbons (Fsp3) is 0.522. The molecule has 1 aromatic carbocycles. The minimum atomic E-state index is -1.51. The van der Waals surface area contributed by atoms with E-state index < -0.39 is 24.3 Å². The lowest BCUT2D eigenvalue weighted by atomic mass is 9.89. The summed E-state index contributed by atoms with van der Waals surface area (Å²) in [5.74, 6) is 0.318. The molecule has 1 aromatic rings. The number of amides is 1. The summed E-state index contributed by atoms with van der Waals surface area (Å²) in [6.45, 7) is 4.01. The fourth-order valence-corrected chi connectivity index (χ4v) is 4.29. The number of nitrogens with one attached hydrogen (secondary N) is 1. The molecule has 0 aromatic heterocycles. The Bertz CT molecular complexity index is 882. The smallest absolute Gasteiger partial charge is 0.234 e.